The molecule has 1 aromatic carbocycles. The molecule has 0 aromatic heterocycles. The lowest BCUT2D eigenvalue weighted by atomic mass is 9.97. The van der Waals surface area contributed by atoms with Gasteiger partial charge in [0.15, 0.2) is 6.10 Å². The van der Waals surface area contributed by atoms with E-state index in [0.29, 0.717) is 17.8 Å². The number of carbonyl (C=O) groups is 2. The van der Waals surface area contributed by atoms with E-state index in [1.54, 1.807) is 6.07 Å². The molecule has 3 rings (SSSR count). The number of nitrogens with one attached hydrogen (secondary N) is 1. The van der Waals surface area contributed by atoms with E-state index in [4.69, 9.17) is 5.73 Å². The standard InChI is InChI=1S/C14H17N3O3/c15-13(19)8-2-1-5-17(7-8)9-3-4-10-11(6-9)16-14(20)12(10)18/h3-4,6,8,12,18H,1-2,5,7H2,(H2,15,19)(H,16,20). The number of fused-ring (bicyclic) bond motifs is 1. The van der Waals surface area contributed by atoms with Gasteiger partial charge in [-0.05, 0) is 25.0 Å². The van der Waals surface area contributed by atoms with Crippen LogP contribution in [0.4, 0.5) is 11.4 Å². The molecule has 2 aliphatic rings. The van der Waals surface area contributed by atoms with Crippen LogP contribution in [0.2, 0.25) is 0 Å². The van der Waals surface area contributed by atoms with Crippen molar-refractivity contribution in [2.45, 2.75) is 18.9 Å². The zero-order chi connectivity index (χ0) is 14.3. The number of nitrogens with zero attached hydrogens (tertiary/aromatic N) is 1. The fourth-order valence-electron chi connectivity index (χ4n) is 2.87. The molecule has 2 heterocycles. The topological polar surface area (TPSA) is 95.7 Å². The summed E-state index contributed by atoms with van der Waals surface area (Å²) in [6.45, 7) is 1.46. The van der Waals surface area contributed by atoms with Crippen molar-refractivity contribution in [2.24, 2.45) is 11.7 Å². The number of anilines is 2. The Morgan fingerprint density at radius 1 is 1.45 bits per heavy atom. The highest BCUT2D eigenvalue weighted by Crippen LogP contribution is 2.34. The zero-order valence-corrected chi connectivity index (χ0v) is 11.0. The Kier molecular flexibility index (Phi) is 3.10. The average Bonchev–Trinajstić information content (AvgIpc) is 2.74. The van der Waals surface area contributed by atoms with E-state index in [1.165, 1.54) is 0 Å². The zero-order valence-electron chi connectivity index (χ0n) is 11.0. The van der Waals surface area contributed by atoms with Crippen LogP contribution in [0.25, 0.3) is 0 Å². The molecule has 1 saturated heterocycles. The van der Waals surface area contributed by atoms with Crippen LogP contribution in [0.3, 0.4) is 0 Å². The fourth-order valence-corrected chi connectivity index (χ4v) is 2.87. The molecule has 2 atom stereocenters. The van der Waals surface area contributed by atoms with Crippen LogP contribution in [0.5, 0.6) is 0 Å². The van der Waals surface area contributed by atoms with E-state index in [0.717, 1.165) is 25.1 Å². The van der Waals surface area contributed by atoms with Gasteiger partial charge in [0.25, 0.3) is 5.91 Å². The maximum atomic E-state index is 11.4. The summed E-state index contributed by atoms with van der Waals surface area (Å²) in [7, 11) is 0. The molecule has 0 saturated carbocycles. The number of aliphatic hydroxyl groups is 1. The highest BCUT2D eigenvalue weighted by molar-refractivity contribution is 6.02. The third-order valence-corrected chi connectivity index (χ3v) is 4.03. The van der Waals surface area contributed by atoms with Crippen LogP contribution in [-0.4, -0.2) is 30.0 Å². The Hall–Kier alpha value is -2.08. The Labute approximate surface area is 116 Å². The lowest BCUT2D eigenvalue weighted by Gasteiger charge is -2.33. The monoisotopic (exact) mass is 275 g/mol. The first kappa shape index (κ1) is 12.9. The number of benzene rings is 1. The number of rotatable bonds is 2. The molecule has 1 aromatic rings. The summed E-state index contributed by atoms with van der Waals surface area (Å²) < 4.78 is 0. The van der Waals surface area contributed by atoms with E-state index in [9.17, 15) is 14.7 Å². The average molecular weight is 275 g/mol. The van der Waals surface area contributed by atoms with Gasteiger partial charge < -0.3 is 21.1 Å². The molecule has 2 amide bonds. The van der Waals surface area contributed by atoms with Crippen molar-refractivity contribution in [1.82, 2.24) is 0 Å². The number of hydrogen-bond acceptors (Lipinski definition) is 4. The lowest BCUT2D eigenvalue weighted by molar-refractivity contribution is -0.123. The van der Waals surface area contributed by atoms with Gasteiger partial charge in [-0.2, -0.15) is 0 Å². The van der Waals surface area contributed by atoms with Gasteiger partial charge in [0, 0.05) is 30.0 Å². The first-order chi connectivity index (χ1) is 9.56. The summed E-state index contributed by atoms with van der Waals surface area (Å²) in [6, 6.07) is 5.46. The van der Waals surface area contributed by atoms with Crippen molar-refractivity contribution in [2.75, 3.05) is 23.3 Å². The predicted octanol–water partition coefficient (Wildman–Crippen LogP) is 0.374. The third-order valence-electron chi connectivity index (χ3n) is 4.03. The minimum absolute atomic E-state index is 0.128. The van der Waals surface area contributed by atoms with Gasteiger partial charge in [-0.25, -0.2) is 0 Å². The summed E-state index contributed by atoms with van der Waals surface area (Å²) in [6.07, 6.45) is 0.657. The molecule has 20 heavy (non-hydrogen) atoms. The molecular weight excluding hydrogens is 258 g/mol. The molecular formula is C14H17N3O3. The fraction of sp³-hybridized carbons (Fsp3) is 0.429. The Balaban J connectivity index is 1.83. The van der Waals surface area contributed by atoms with Crippen LogP contribution >= 0.6 is 0 Å². The van der Waals surface area contributed by atoms with Gasteiger partial charge in [-0.3, -0.25) is 9.59 Å². The van der Waals surface area contributed by atoms with E-state index in [1.807, 2.05) is 12.1 Å². The molecule has 2 unspecified atom stereocenters. The van der Waals surface area contributed by atoms with Crippen molar-refractivity contribution in [1.29, 1.82) is 0 Å². The van der Waals surface area contributed by atoms with Crippen LogP contribution in [0.1, 0.15) is 24.5 Å². The van der Waals surface area contributed by atoms with Crippen LogP contribution < -0.4 is 16.0 Å². The molecule has 106 valence electrons. The van der Waals surface area contributed by atoms with Gasteiger partial charge >= 0.3 is 0 Å². The first-order valence-corrected chi connectivity index (χ1v) is 6.73. The van der Waals surface area contributed by atoms with Gasteiger partial charge in [0.2, 0.25) is 5.91 Å². The normalized spacial score (nSPS) is 25.2. The van der Waals surface area contributed by atoms with Gasteiger partial charge in [0.05, 0.1) is 5.92 Å². The van der Waals surface area contributed by atoms with Crippen LogP contribution in [-0.2, 0) is 9.59 Å². The number of amides is 2. The quantitative estimate of drug-likeness (QED) is 0.726. The van der Waals surface area contributed by atoms with Crippen LogP contribution in [0, 0.1) is 5.92 Å². The second-order valence-corrected chi connectivity index (χ2v) is 5.35. The molecule has 4 N–H and O–H groups in total. The smallest absolute Gasteiger partial charge is 0.257 e. The van der Waals surface area contributed by atoms with Gasteiger partial charge in [0.1, 0.15) is 0 Å². The Morgan fingerprint density at radius 2 is 2.25 bits per heavy atom. The van der Waals surface area contributed by atoms with Crippen molar-refractivity contribution < 1.29 is 14.7 Å². The largest absolute Gasteiger partial charge is 0.378 e. The minimum atomic E-state index is -1.08. The molecule has 6 nitrogen and oxygen atoms in total. The second kappa shape index (κ2) is 4.79. The number of primary amides is 1. The minimum Gasteiger partial charge on any atom is -0.378 e. The molecule has 6 heteroatoms. The summed E-state index contributed by atoms with van der Waals surface area (Å²) in [4.78, 5) is 24.8. The molecule has 0 bridgehead atoms. The number of carbonyl (C=O) groups excluding carboxylic acids is 2. The van der Waals surface area contributed by atoms with Crippen molar-refractivity contribution in [3.63, 3.8) is 0 Å². The van der Waals surface area contributed by atoms with Gasteiger partial charge in [-0.1, -0.05) is 6.07 Å². The van der Waals surface area contributed by atoms with Crippen molar-refractivity contribution in [3.05, 3.63) is 23.8 Å². The van der Waals surface area contributed by atoms with E-state index >= 15 is 0 Å². The molecule has 2 aliphatic heterocycles. The maximum absolute atomic E-state index is 11.4. The summed E-state index contributed by atoms with van der Waals surface area (Å²) in [5.41, 5.74) is 7.55. The summed E-state index contributed by atoms with van der Waals surface area (Å²) in [5, 5.41) is 12.3. The molecule has 0 radical (unpaired) electrons. The first-order valence-electron chi connectivity index (χ1n) is 6.73. The number of piperidine rings is 1. The van der Waals surface area contributed by atoms with Crippen molar-refractivity contribution in [3.8, 4) is 0 Å². The maximum Gasteiger partial charge on any atom is 0.257 e. The van der Waals surface area contributed by atoms with E-state index in [-0.39, 0.29) is 11.8 Å². The molecule has 0 aliphatic carbocycles. The van der Waals surface area contributed by atoms with E-state index < -0.39 is 12.0 Å². The number of hydrogen-bond donors (Lipinski definition) is 3. The van der Waals surface area contributed by atoms with E-state index in [2.05, 4.69) is 10.2 Å². The lowest BCUT2D eigenvalue weighted by Crippen LogP contribution is -2.41. The predicted molar refractivity (Wildman–Crippen MR) is 74.2 cm³/mol. The third kappa shape index (κ3) is 2.12. The molecule has 1 fully saturated rings. The van der Waals surface area contributed by atoms with Crippen molar-refractivity contribution >= 4 is 23.2 Å². The second-order valence-electron chi connectivity index (χ2n) is 5.35. The highest BCUT2D eigenvalue weighted by atomic mass is 16.3. The number of aliphatic hydroxyl groups excluding tert-OH is 1. The Bertz CT molecular complexity index is 573. The number of nitrogens with two attached hydrogens (primary N) is 1. The molecule has 0 spiro atoms. The summed E-state index contributed by atoms with van der Waals surface area (Å²) >= 11 is 0. The summed E-state index contributed by atoms with van der Waals surface area (Å²) in [5.74, 6) is -0.789. The van der Waals surface area contributed by atoms with Gasteiger partial charge in [-0.15, -0.1) is 0 Å². The Morgan fingerprint density at radius 3 is 3.00 bits per heavy atom. The highest BCUT2D eigenvalue weighted by Gasteiger charge is 2.30. The van der Waals surface area contributed by atoms with Crippen LogP contribution in [0.15, 0.2) is 18.2 Å². The SMILES string of the molecule is NC(=O)C1CCCN(c2ccc3c(c2)NC(=O)C3O)C1.